The van der Waals surface area contributed by atoms with Gasteiger partial charge in [0.25, 0.3) is 0 Å². The van der Waals surface area contributed by atoms with E-state index in [4.69, 9.17) is 16.8 Å². The van der Waals surface area contributed by atoms with E-state index in [1.165, 1.54) is 34.2 Å². The summed E-state index contributed by atoms with van der Waals surface area (Å²) in [6.45, 7) is 4.98. The SMILES string of the molecule is C#CCCc1ccc2c(c1)CC1(C)CC=C3C1=C2N=C(C)N3CC=N. The molecule has 0 saturated carbocycles. The Balaban J connectivity index is 1.83. The maximum absolute atomic E-state index is 7.51. The third-order valence-corrected chi connectivity index (χ3v) is 5.63. The number of hydrogen-bond donors (Lipinski definition) is 1. The summed E-state index contributed by atoms with van der Waals surface area (Å²) in [4.78, 5) is 7.14. The first-order valence-electron chi connectivity index (χ1n) is 8.90. The zero-order valence-electron chi connectivity index (χ0n) is 14.9. The van der Waals surface area contributed by atoms with Gasteiger partial charge < -0.3 is 10.3 Å². The highest BCUT2D eigenvalue weighted by Crippen LogP contribution is 2.54. The smallest absolute Gasteiger partial charge is 0.106 e. The Bertz CT molecular complexity index is 894. The minimum Gasteiger partial charge on any atom is -0.325 e. The molecule has 0 aromatic heterocycles. The van der Waals surface area contributed by atoms with Gasteiger partial charge in [0.05, 0.1) is 12.2 Å². The lowest BCUT2D eigenvalue weighted by atomic mass is 9.70. The van der Waals surface area contributed by atoms with Crippen LogP contribution in [0.4, 0.5) is 0 Å². The number of nitrogens with one attached hydrogen (secondary N) is 1. The fraction of sp³-hybridized carbons (Fsp3) is 0.364. The van der Waals surface area contributed by atoms with Crippen molar-refractivity contribution in [2.75, 3.05) is 6.54 Å². The largest absolute Gasteiger partial charge is 0.325 e. The fourth-order valence-corrected chi connectivity index (χ4v) is 4.43. The van der Waals surface area contributed by atoms with E-state index < -0.39 is 0 Å². The van der Waals surface area contributed by atoms with Gasteiger partial charge in [0.2, 0.25) is 0 Å². The number of aliphatic imine (C=N–C) groups is 1. The zero-order valence-corrected chi connectivity index (χ0v) is 14.9. The number of hydrogen-bond acceptors (Lipinski definition) is 3. The van der Waals surface area contributed by atoms with Crippen LogP contribution in [0.1, 0.15) is 43.4 Å². The van der Waals surface area contributed by atoms with Crippen molar-refractivity contribution >= 4 is 17.7 Å². The second-order valence-electron chi connectivity index (χ2n) is 7.42. The minimum atomic E-state index is 0.104. The van der Waals surface area contributed by atoms with Gasteiger partial charge in [-0.3, -0.25) is 0 Å². The first-order valence-corrected chi connectivity index (χ1v) is 8.90. The number of allylic oxidation sites excluding steroid dienone is 2. The van der Waals surface area contributed by atoms with Crippen LogP contribution in [0.3, 0.4) is 0 Å². The molecule has 1 aliphatic heterocycles. The quantitative estimate of drug-likeness (QED) is 0.653. The number of fused-ring (bicyclic) bond motifs is 2. The Morgan fingerprint density at radius 2 is 2.28 bits per heavy atom. The van der Waals surface area contributed by atoms with Gasteiger partial charge in [-0.25, -0.2) is 4.99 Å². The minimum absolute atomic E-state index is 0.104. The van der Waals surface area contributed by atoms with Gasteiger partial charge in [0, 0.05) is 34.9 Å². The first kappa shape index (κ1) is 15.9. The molecule has 3 heteroatoms. The van der Waals surface area contributed by atoms with E-state index in [2.05, 4.69) is 42.0 Å². The normalized spacial score (nSPS) is 23.5. The van der Waals surface area contributed by atoms with Gasteiger partial charge in [0.1, 0.15) is 5.84 Å². The van der Waals surface area contributed by atoms with Gasteiger partial charge in [-0.1, -0.05) is 31.2 Å². The fourth-order valence-electron chi connectivity index (χ4n) is 4.43. The third-order valence-electron chi connectivity index (χ3n) is 5.63. The molecule has 3 aliphatic rings. The van der Waals surface area contributed by atoms with Crippen LogP contribution >= 0.6 is 0 Å². The molecule has 1 heterocycles. The molecule has 1 atom stereocenters. The van der Waals surface area contributed by atoms with Crippen LogP contribution in [0.15, 0.2) is 40.5 Å². The second kappa shape index (κ2) is 5.74. The molecule has 0 bridgehead atoms. The van der Waals surface area contributed by atoms with E-state index >= 15 is 0 Å². The summed E-state index contributed by atoms with van der Waals surface area (Å²) >= 11 is 0. The summed E-state index contributed by atoms with van der Waals surface area (Å²) in [5.74, 6) is 3.71. The lowest BCUT2D eigenvalue weighted by Gasteiger charge is -2.40. The van der Waals surface area contributed by atoms with Gasteiger partial charge >= 0.3 is 0 Å². The third kappa shape index (κ3) is 2.36. The lowest BCUT2D eigenvalue weighted by molar-refractivity contribution is 0.407. The molecule has 0 saturated heterocycles. The molecule has 4 rings (SSSR count). The average Bonchev–Trinajstić information content (AvgIpc) is 2.94. The standard InChI is InChI=1S/C22H23N3/c1-4-5-6-16-7-8-18-17(13-16)14-22(3)10-9-19-20(22)21(18)24-15(2)25(19)12-11-23/h1,7-9,11,13,23H,5-6,10,12,14H2,2-3H3. The van der Waals surface area contributed by atoms with Crippen LogP contribution < -0.4 is 0 Å². The van der Waals surface area contributed by atoms with E-state index in [1.54, 1.807) is 0 Å². The van der Waals surface area contributed by atoms with Crippen molar-refractivity contribution in [1.82, 2.24) is 4.90 Å². The number of terminal acetylenes is 1. The van der Waals surface area contributed by atoms with Gasteiger partial charge in [-0.2, -0.15) is 0 Å². The summed E-state index contributed by atoms with van der Waals surface area (Å²) < 4.78 is 0. The maximum atomic E-state index is 7.51. The molecule has 1 aromatic rings. The van der Waals surface area contributed by atoms with E-state index in [0.29, 0.717) is 6.54 Å². The molecular formula is C22H23N3. The first-order chi connectivity index (χ1) is 12.1. The molecule has 1 aromatic carbocycles. The summed E-state index contributed by atoms with van der Waals surface area (Å²) in [5, 5.41) is 7.51. The number of aryl methyl sites for hydroxylation is 1. The topological polar surface area (TPSA) is 39.5 Å². The second-order valence-corrected chi connectivity index (χ2v) is 7.42. The molecule has 25 heavy (non-hydrogen) atoms. The highest BCUT2D eigenvalue weighted by molar-refractivity contribution is 5.96. The summed E-state index contributed by atoms with van der Waals surface area (Å²) in [6.07, 6.45) is 13.0. The number of rotatable bonds is 4. The molecule has 0 radical (unpaired) electrons. The Morgan fingerprint density at radius 1 is 1.44 bits per heavy atom. The van der Waals surface area contributed by atoms with Gasteiger partial charge in [0.15, 0.2) is 0 Å². The molecule has 0 spiro atoms. The molecule has 0 fully saturated rings. The average molecular weight is 329 g/mol. The molecule has 0 amide bonds. The molecular weight excluding hydrogens is 306 g/mol. The van der Waals surface area contributed by atoms with Crippen molar-refractivity contribution in [3.63, 3.8) is 0 Å². The monoisotopic (exact) mass is 329 g/mol. The van der Waals surface area contributed by atoms with E-state index in [-0.39, 0.29) is 5.41 Å². The lowest BCUT2D eigenvalue weighted by Crippen LogP contribution is -2.37. The van der Waals surface area contributed by atoms with Crippen LogP contribution in [-0.2, 0) is 12.8 Å². The van der Waals surface area contributed by atoms with Crippen molar-refractivity contribution in [1.29, 1.82) is 5.41 Å². The highest BCUT2D eigenvalue weighted by atomic mass is 15.2. The van der Waals surface area contributed by atoms with Gasteiger partial charge in [-0.05, 0) is 37.3 Å². The molecule has 126 valence electrons. The predicted molar refractivity (Wildman–Crippen MR) is 104 cm³/mol. The van der Waals surface area contributed by atoms with Crippen LogP contribution in [0.2, 0.25) is 0 Å². The Hall–Kier alpha value is -2.60. The maximum Gasteiger partial charge on any atom is 0.106 e. The van der Waals surface area contributed by atoms with Crippen LogP contribution in [-0.4, -0.2) is 23.5 Å². The van der Waals surface area contributed by atoms with E-state index in [0.717, 1.165) is 37.2 Å². The summed E-state index contributed by atoms with van der Waals surface area (Å²) in [7, 11) is 0. The molecule has 3 nitrogen and oxygen atoms in total. The predicted octanol–water partition coefficient (Wildman–Crippen LogP) is 4.20. The van der Waals surface area contributed by atoms with Crippen molar-refractivity contribution in [3.05, 3.63) is 52.2 Å². The van der Waals surface area contributed by atoms with Crippen LogP contribution in [0.25, 0.3) is 5.70 Å². The summed E-state index contributed by atoms with van der Waals surface area (Å²) in [6, 6.07) is 6.75. The Morgan fingerprint density at radius 3 is 3.04 bits per heavy atom. The highest BCUT2D eigenvalue weighted by Gasteiger charge is 2.45. The van der Waals surface area contributed by atoms with E-state index in [9.17, 15) is 0 Å². The van der Waals surface area contributed by atoms with E-state index in [1.807, 2.05) is 6.92 Å². The van der Waals surface area contributed by atoms with Crippen molar-refractivity contribution in [2.24, 2.45) is 10.4 Å². The zero-order chi connectivity index (χ0) is 17.6. The van der Waals surface area contributed by atoms with Crippen molar-refractivity contribution in [3.8, 4) is 12.3 Å². The van der Waals surface area contributed by atoms with Crippen LogP contribution in [0.5, 0.6) is 0 Å². The van der Waals surface area contributed by atoms with Gasteiger partial charge in [-0.15, -0.1) is 12.3 Å². The number of benzene rings is 1. The Kier molecular flexibility index (Phi) is 3.65. The summed E-state index contributed by atoms with van der Waals surface area (Å²) in [5.41, 5.74) is 7.83. The van der Waals surface area contributed by atoms with Crippen molar-refractivity contribution < 1.29 is 0 Å². The number of nitrogens with zero attached hydrogens (tertiary/aromatic N) is 2. The number of amidine groups is 1. The van der Waals surface area contributed by atoms with Crippen molar-refractivity contribution in [2.45, 2.75) is 39.5 Å². The Labute approximate surface area is 149 Å². The molecule has 1 N–H and O–H groups in total. The molecule has 2 aliphatic carbocycles. The van der Waals surface area contributed by atoms with Crippen LogP contribution in [0, 0.1) is 23.2 Å². The molecule has 1 unspecified atom stereocenters.